The van der Waals surface area contributed by atoms with Gasteiger partial charge in [0.05, 0.1) is 17.4 Å². The summed E-state index contributed by atoms with van der Waals surface area (Å²) >= 11 is 6.36. The lowest BCUT2D eigenvalue weighted by atomic mass is 9.80. The first-order chi connectivity index (χ1) is 22.9. The van der Waals surface area contributed by atoms with Crippen LogP contribution in [-0.2, 0) is 4.79 Å². The average Bonchev–Trinajstić information content (AvgIpc) is 3.81. The summed E-state index contributed by atoms with van der Waals surface area (Å²) in [5.74, 6) is -0.0212. The van der Waals surface area contributed by atoms with E-state index >= 15 is 0 Å². The first-order valence-electron chi connectivity index (χ1n) is 15.7. The summed E-state index contributed by atoms with van der Waals surface area (Å²) in [5.41, 5.74) is 10.1. The van der Waals surface area contributed by atoms with Crippen LogP contribution in [0.5, 0.6) is 0 Å². The van der Waals surface area contributed by atoms with Crippen LogP contribution in [0.3, 0.4) is 0 Å². The van der Waals surface area contributed by atoms with E-state index in [1.165, 1.54) is 23.1 Å². The number of carbonyl (C=O) groups is 1. The molecule has 0 unspecified atom stereocenters. The minimum atomic E-state index is -0.454. The number of halogens is 2. The molecule has 47 heavy (non-hydrogen) atoms. The van der Waals surface area contributed by atoms with Gasteiger partial charge in [0.1, 0.15) is 18.0 Å². The highest BCUT2D eigenvalue weighted by Gasteiger charge is 2.43. The van der Waals surface area contributed by atoms with E-state index in [1.54, 1.807) is 42.7 Å². The predicted octanol–water partition coefficient (Wildman–Crippen LogP) is 4.80. The lowest BCUT2D eigenvalue weighted by Crippen LogP contribution is -2.55. The number of rotatable bonds is 7. The van der Waals surface area contributed by atoms with Crippen molar-refractivity contribution in [2.75, 3.05) is 19.6 Å². The minimum absolute atomic E-state index is 0.0712. The van der Waals surface area contributed by atoms with Crippen molar-refractivity contribution in [2.24, 2.45) is 5.73 Å². The van der Waals surface area contributed by atoms with Gasteiger partial charge in [-0.3, -0.25) is 14.7 Å². The van der Waals surface area contributed by atoms with Gasteiger partial charge in [-0.05, 0) is 96.9 Å². The predicted molar refractivity (Wildman–Crippen MR) is 176 cm³/mol. The fraction of sp³-hybridized carbons (Fsp3) is 0.294. The molecule has 0 bridgehead atoms. The zero-order chi connectivity index (χ0) is 32.3. The van der Waals surface area contributed by atoms with Gasteiger partial charge in [0.2, 0.25) is 5.91 Å². The van der Waals surface area contributed by atoms with E-state index in [2.05, 4.69) is 30.4 Å². The molecular weight excluding hydrogens is 619 g/mol. The Labute approximate surface area is 276 Å². The highest BCUT2D eigenvalue weighted by atomic mass is 35.5. The molecule has 3 atom stereocenters. The molecule has 240 valence electrons. The van der Waals surface area contributed by atoms with Crippen LogP contribution in [0.4, 0.5) is 4.39 Å². The van der Waals surface area contributed by atoms with Crippen LogP contribution in [-0.4, -0.2) is 82.6 Å². The van der Waals surface area contributed by atoms with Gasteiger partial charge in [-0.15, -0.1) is 5.10 Å². The van der Waals surface area contributed by atoms with E-state index in [4.69, 9.17) is 22.3 Å². The monoisotopic (exact) mass is 652 g/mol. The summed E-state index contributed by atoms with van der Waals surface area (Å²) in [7, 11) is 0. The molecule has 0 aliphatic carbocycles. The Morgan fingerprint density at radius 3 is 2.68 bits per heavy atom. The lowest BCUT2D eigenvalue weighted by molar-refractivity contribution is -0.132. The second kappa shape index (κ2) is 13.5. The maximum Gasteiger partial charge on any atom is 0.247 e. The fourth-order valence-electron chi connectivity index (χ4n) is 6.74. The summed E-state index contributed by atoms with van der Waals surface area (Å²) in [4.78, 5) is 31.4. The van der Waals surface area contributed by atoms with Crippen LogP contribution in [0.2, 0.25) is 5.02 Å². The second-order valence-electron chi connectivity index (χ2n) is 12.1. The van der Waals surface area contributed by atoms with Gasteiger partial charge in [0.15, 0.2) is 0 Å². The number of likely N-dealkylation sites (tertiary alicyclic amines) is 2. The third-order valence-corrected chi connectivity index (χ3v) is 9.38. The molecule has 5 aromatic rings. The summed E-state index contributed by atoms with van der Waals surface area (Å²) < 4.78 is 15.7. The molecule has 0 spiro atoms. The molecule has 2 aliphatic heterocycles. The lowest BCUT2D eigenvalue weighted by Gasteiger charge is -2.48. The number of hydrogen-bond acceptors (Lipinski definition) is 8. The number of benzene rings is 2. The Hall–Kier alpha value is -4.78. The van der Waals surface area contributed by atoms with Gasteiger partial charge in [-0.25, -0.2) is 9.37 Å². The van der Waals surface area contributed by atoms with Crippen molar-refractivity contribution in [1.82, 2.24) is 45.0 Å². The zero-order valence-corrected chi connectivity index (χ0v) is 26.3. The van der Waals surface area contributed by atoms with Crippen molar-refractivity contribution in [3.63, 3.8) is 0 Å². The molecular formula is C34H34ClFN10O. The fourth-order valence-corrected chi connectivity index (χ4v) is 6.92. The molecule has 0 radical (unpaired) electrons. The molecule has 7 rings (SSSR count). The van der Waals surface area contributed by atoms with Gasteiger partial charge in [0.25, 0.3) is 0 Å². The van der Waals surface area contributed by atoms with Crippen LogP contribution >= 0.6 is 11.6 Å². The van der Waals surface area contributed by atoms with Gasteiger partial charge in [0, 0.05) is 65.4 Å². The van der Waals surface area contributed by atoms with E-state index in [0.29, 0.717) is 28.6 Å². The number of nitrogens with two attached hydrogens (primary N) is 1. The van der Waals surface area contributed by atoms with Crippen LogP contribution in [0, 0.1) is 5.82 Å². The van der Waals surface area contributed by atoms with Gasteiger partial charge in [-0.2, -0.15) is 4.68 Å². The number of amides is 1. The average molecular weight is 653 g/mol. The smallest absolute Gasteiger partial charge is 0.247 e. The largest absolute Gasteiger partial charge is 0.346 e. The van der Waals surface area contributed by atoms with Crippen molar-refractivity contribution >= 4 is 23.6 Å². The molecule has 1 amide bonds. The van der Waals surface area contributed by atoms with Crippen LogP contribution in [0.15, 0.2) is 85.6 Å². The highest BCUT2D eigenvalue weighted by Crippen LogP contribution is 2.44. The number of tetrazole rings is 1. The number of carbonyl (C=O) groups excluding carboxylic acids is 1. The number of pyridine rings is 1. The van der Waals surface area contributed by atoms with E-state index in [0.717, 1.165) is 49.2 Å². The standard InChI is InChI=1S/C34H34ClFN10O/c35-25-6-9-31(46-21-40-42-43-46)23(16-25)5-10-32(47)45-20-28(44-14-11-27(37)12-15-44)17-29(22-3-7-26(36)8-4-22)33(45)34-39-19-30(41-34)24-2-1-13-38-18-24/h1-10,13,16,18-19,21,27-29,33H,11-12,14-15,17,20,37H2,(H,39,41)/t28-,29-,33-/m0/s1. The Kier molecular flexibility index (Phi) is 8.88. The van der Waals surface area contributed by atoms with Gasteiger partial charge in [-0.1, -0.05) is 23.7 Å². The Balaban J connectivity index is 1.29. The normalized spacial score (nSPS) is 21.0. The third kappa shape index (κ3) is 6.71. The van der Waals surface area contributed by atoms with Crippen molar-refractivity contribution in [2.45, 2.75) is 43.3 Å². The number of piperidine rings is 2. The number of imidazole rings is 1. The van der Waals surface area contributed by atoms with Crippen LogP contribution in [0.1, 0.15) is 48.2 Å². The van der Waals surface area contributed by atoms with E-state index in [-0.39, 0.29) is 29.7 Å². The number of hydrogen-bond donors (Lipinski definition) is 2. The Morgan fingerprint density at radius 2 is 1.94 bits per heavy atom. The third-order valence-electron chi connectivity index (χ3n) is 9.15. The van der Waals surface area contributed by atoms with Crippen molar-refractivity contribution < 1.29 is 9.18 Å². The van der Waals surface area contributed by atoms with Gasteiger partial charge < -0.3 is 15.6 Å². The quantitative estimate of drug-likeness (QED) is 0.240. The topological polar surface area (TPSA) is 135 Å². The first kappa shape index (κ1) is 30.9. The Morgan fingerprint density at radius 1 is 1.11 bits per heavy atom. The highest BCUT2D eigenvalue weighted by molar-refractivity contribution is 6.30. The summed E-state index contributed by atoms with van der Waals surface area (Å²) in [6.45, 7) is 2.20. The first-order valence-corrected chi connectivity index (χ1v) is 16.0. The van der Waals surface area contributed by atoms with E-state index in [1.807, 2.05) is 35.4 Å². The molecule has 3 aromatic heterocycles. The Bertz CT molecular complexity index is 1840. The summed E-state index contributed by atoms with van der Waals surface area (Å²) in [6.07, 6.45) is 12.7. The van der Waals surface area contributed by atoms with Crippen LogP contribution < -0.4 is 5.73 Å². The van der Waals surface area contributed by atoms with E-state index < -0.39 is 6.04 Å². The molecule has 2 aliphatic rings. The zero-order valence-electron chi connectivity index (χ0n) is 25.5. The van der Waals surface area contributed by atoms with Crippen molar-refractivity contribution in [1.29, 1.82) is 0 Å². The maximum absolute atomic E-state index is 14.4. The maximum atomic E-state index is 14.4. The molecule has 5 heterocycles. The minimum Gasteiger partial charge on any atom is -0.346 e. The SMILES string of the molecule is NC1CCN([C@H]2C[C@@H](c3ccc(F)cc3)[C@@H](c3nc(-c4cccnc4)c[nH]3)N(C(=O)C=Cc3cc(Cl)ccc3-n3cnnn3)C2)CC1. The molecule has 0 saturated carbocycles. The van der Waals surface area contributed by atoms with Crippen LogP contribution in [0.25, 0.3) is 23.0 Å². The number of aromatic amines is 1. The van der Waals surface area contributed by atoms with Crippen molar-refractivity contribution in [3.8, 4) is 16.9 Å². The molecule has 3 N–H and O–H groups in total. The molecule has 13 heteroatoms. The summed E-state index contributed by atoms with van der Waals surface area (Å²) in [5, 5.41) is 12.0. The molecule has 2 aromatic carbocycles. The molecule has 11 nitrogen and oxygen atoms in total. The van der Waals surface area contributed by atoms with E-state index in [9.17, 15) is 9.18 Å². The summed E-state index contributed by atoms with van der Waals surface area (Å²) in [6, 6.07) is 15.5. The van der Waals surface area contributed by atoms with Crippen molar-refractivity contribution in [3.05, 3.63) is 113 Å². The number of aromatic nitrogens is 7. The second-order valence-corrected chi connectivity index (χ2v) is 12.5. The molecule has 2 fully saturated rings. The number of H-pyrrole nitrogens is 1. The molecule has 2 saturated heterocycles. The number of nitrogens with one attached hydrogen (secondary N) is 1. The number of nitrogens with zero attached hydrogens (tertiary/aromatic N) is 8. The van der Waals surface area contributed by atoms with Gasteiger partial charge >= 0.3 is 0 Å².